The van der Waals surface area contributed by atoms with Gasteiger partial charge in [0, 0.05) is 44.4 Å². The summed E-state index contributed by atoms with van der Waals surface area (Å²) in [7, 11) is 0. The summed E-state index contributed by atoms with van der Waals surface area (Å²) in [5.41, 5.74) is -0.417. The molecule has 3 aliphatic heterocycles. The van der Waals surface area contributed by atoms with E-state index in [0.717, 1.165) is 12.8 Å². The lowest BCUT2D eigenvalue weighted by atomic mass is 9.88. The average Bonchev–Trinajstić information content (AvgIpc) is 3.44. The number of nitrogens with zero attached hydrogens (tertiary/aromatic N) is 1. The molecule has 3 fully saturated rings. The normalized spacial score (nSPS) is 30.6. The van der Waals surface area contributed by atoms with Gasteiger partial charge in [0.25, 0.3) is 0 Å². The van der Waals surface area contributed by atoms with E-state index in [9.17, 15) is 29.4 Å². The molecule has 0 spiro atoms. The lowest BCUT2D eigenvalue weighted by molar-refractivity contribution is -0.235. The number of Topliss-reactive ketones (excluding diaryl/α,β-unsaturated/α-hetero) is 1. The zero-order valence-corrected chi connectivity index (χ0v) is 27.6. The van der Waals surface area contributed by atoms with Crippen molar-refractivity contribution in [3.8, 4) is 0 Å². The predicted molar refractivity (Wildman–Crippen MR) is 164 cm³/mol. The number of unbranched alkanes of at least 4 members (excludes halogenated alkanes) is 1. The maximum atomic E-state index is 13.3. The molecular weight excluding hydrogens is 586 g/mol. The fourth-order valence-corrected chi connectivity index (χ4v) is 5.75. The second-order valence-electron chi connectivity index (χ2n) is 13.6. The molecule has 0 aromatic rings. The van der Waals surface area contributed by atoms with Crippen LogP contribution < -0.4 is 10.6 Å². The van der Waals surface area contributed by atoms with Crippen molar-refractivity contribution in [2.45, 2.75) is 123 Å². The molecule has 0 radical (unpaired) electrons. The molecular formula is C32H55N3O10. The molecule has 0 unspecified atom stereocenters. The van der Waals surface area contributed by atoms with E-state index in [2.05, 4.69) is 10.6 Å². The smallest absolute Gasteiger partial charge is 0.225 e. The zero-order chi connectivity index (χ0) is 33.1. The summed E-state index contributed by atoms with van der Waals surface area (Å²) in [5.74, 6) is -2.28. The number of hydrogen-bond acceptors (Lipinski definition) is 10. The van der Waals surface area contributed by atoms with Crippen LogP contribution in [0.25, 0.3) is 0 Å². The van der Waals surface area contributed by atoms with Gasteiger partial charge < -0.3 is 44.7 Å². The fraction of sp³-hybridized carbons (Fsp3) is 0.875. The number of likely N-dealkylation sites (tertiary alicyclic amines) is 1. The molecule has 3 heterocycles. The van der Waals surface area contributed by atoms with E-state index in [4.69, 9.17) is 18.9 Å². The van der Waals surface area contributed by atoms with Gasteiger partial charge in [0.2, 0.25) is 17.7 Å². The minimum atomic E-state index is -0.766. The van der Waals surface area contributed by atoms with Crippen molar-refractivity contribution in [1.29, 1.82) is 0 Å². The van der Waals surface area contributed by atoms with Crippen molar-refractivity contribution >= 4 is 23.5 Å². The van der Waals surface area contributed by atoms with Gasteiger partial charge in [-0.2, -0.15) is 0 Å². The van der Waals surface area contributed by atoms with Crippen LogP contribution in [0.5, 0.6) is 0 Å². The first-order chi connectivity index (χ1) is 21.3. The van der Waals surface area contributed by atoms with E-state index in [-0.39, 0.29) is 81.5 Å². The summed E-state index contributed by atoms with van der Waals surface area (Å²) >= 11 is 0. The number of carbonyl (C=O) groups is 4. The van der Waals surface area contributed by atoms with Crippen molar-refractivity contribution in [2.24, 2.45) is 17.3 Å². The van der Waals surface area contributed by atoms with Gasteiger partial charge in [-0.05, 0) is 52.4 Å². The number of ketones is 1. The first-order valence-electron chi connectivity index (χ1n) is 16.5. The minimum absolute atomic E-state index is 0.0255. The summed E-state index contributed by atoms with van der Waals surface area (Å²) < 4.78 is 22.5. The van der Waals surface area contributed by atoms with Crippen molar-refractivity contribution in [3.05, 3.63) is 0 Å². The average molecular weight is 642 g/mol. The molecule has 13 heteroatoms. The minimum Gasteiger partial charge on any atom is -0.388 e. The van der Waals surface area contributed by atoms with E-state index in [1.807, 2.05) is 34.6 Å². The maximum Gasteiger partial charge on any atom is 0.225 e. The van der Waals surface area contributed by atoms with Crippen LogP contribution in [0.15, 0.2) is 0 Å². The summed E-state index contributed by atoms with van der Waals surface area (Å²) in [6.07, 6.45) is 1.39. The van der Waals surface area contributed by atoms with E-state index in [0.29, 0.717) is 32.1 Å². The van der Waals surface area contributed by atoms with Gasteiger partial charge in [0.15, 0.2) is 12.6 Å². The Morgan fingerprint density at radius 1 is 0.756 bits per heavy atom. The number of nitrogens with one attached hydrogen (secondary N) is 2. The SMILES string of the molecule is C[C@H]1CC[C@H](O)[C@H](OCCNC(=O)[C@H]2CN(C(=O)CCCCC(=O)C(C)(C)C)C[C@H]2C(=O)NCCO[C@@H]2O[C@@H](C)CC[C@@H]2O)O1. The van der Waals surface area contributed by atoms with Crippen LogP contribution in [-0.2, 0) is 38.1 Å². The largest absolute Gasteiger partial charge is 0.388 e. The molecule has 0 bridgehead atoms. The van der Waals surface area contributed by atoms with Crippen LogP contribution in [-0.4, -0.2) is 115 Å². The highest BCUT2D eigenvalue weighted by molar-refractivity contribution is 5.90. The van der Waals surface area contributed by atoms with Gasteiger partial charge in [0.1, 0.15) is 18.0 Å². The van der Waals surface area contributed by atoms with Crippen molar-refractivity contribution in [3.63, 3.8) is 0 Å². The molecule has 0 aliphatic carbocycles. The third kappa shape index (κ3) is 11.9. The van der Waals surface area contributed by atoms with Crippen molar-refractivity contribution in [1.82, 2.24) is 15.5 Å². The zero-order valence-electron chi connectivity index (χ0n) is 27.6. The Bertz CT molecular complexity index is 935. The lowest BCUT2D eigenvalue weighted by Gasteiger charge is -2.32. The second kappa shape index (κ2) is 17.7. The Hall–Kier alpha value is -2.16. The monoisotopic (exact) mass is 641 g/mol. The molecule has 3 rings (SSSR count). The van der Waals surface area contributed by atoms with Gasteiger partial charge >= 0.3 is 0 Å². The summed E-state index contributed by atoms with van der Waals surface area (Å²) in [4.78, 5) is 53.4. The number of ether oxygens (including phenoxy) is 4. The van der Waals surface area contributed by atoms with Crippen LogP contribution in [0.4, 0.5) is 0 Å². The number of hydrogen-bond donors (Lipinski definition) is 4. The van der Waals surface area contributed by atoms with E-state index >= 15 is 0 Å². The van der Waals surface area contributed by atoms with Gasteiger partial charge in [-0.1, -0.05) is 20.8 Å². The molecule has 3 aliphatic rings. The molecule has 0 saturated carbocycles. The lowest BCUT2D eigenvalue weighted by Crippen LogP contribution is -2.45. The number of amides is 3. The molecule has 13 nitrogen and oxygen atoms in total. The first-order valence-corrected chi connectivity index (χ1v) is 16.5. The van der Waals surface area contributed by atoms with Gasteiger partial charge in [-0.3, -0.25) is 19.2 Å². The van der Waals surface area contributed by atoms with E-state index < -0.39 is 42.0 Å². The number of aliphatic hydroxyl groups excluding tert-OH is 2. The highest BCUT2D eigenvalue weighted by Crippen LogP contribution is 2.26. The van der Waals surface area contributed by atoms with Crippen LogP contribution in [0.2, 0.25) is 0 Å². The van der Waals surface area contributed by atoms with Gasteiger partial charge in [0.05, 0.1) is 37.3 Å². The van der Waals surface area contributed by atoms with E-state index in [1.165, 1.54) is 0 Å². The molecule has 8 atom stereocenters. The van der Waals surface area contributed by atoms with Crippen LogP contribution in [0, 0.1) is 17.3 Å². The predicted octanol–water partition coefficient (Wildman–Crippen LogP) is 1.27. The summed E-state index contributed by atoms with van der Waals surface area (Å²) in [6, 6.07) is 0. The molecule has 4 N–H and O–H groups in total. The fourth-order valence-electron chi connectivity index (χ4n) is 5.75. The van der Waals surface area contributed by atoms with E-state index in [1.54, 1.807) is 4.90 Å². The summed E-state index contributed by atoms with van der Waals surface area (Å²) in [6.45, 7) is 10.2. The molecule has 258 valence electrons. The standard InChI is InChI=1S/C32H55N3O10/c1-20-10-12-24(36)30(44-20)42-16-14-33-28(40)22-18-35(27(39)9-7-6-8-26(38)32(3,4)5)19-23(22)29(41)34-15-17-43-31-25(37)13-11-21(2)45-31/h20-25,30-31,36-37H,6-19H2,1-5H3,(H,33,40)(H,34,41)/t20-,21-,22-,23+,24-,25-,30+,31+/m0/s1. The number of rotatable bonds is 15. The van der Waals surface area contributed by atoms with Crippen LogP contribution >= 0.6 is 0 Å². The molecule has 0 aromatic heterocycles. The topological polar surface area (TPSA) is 173 Å². The third-order valence-electron chi connectivity index (χ3n) is 8.69. The number of aliphatic hydroxyl groups is 2. The first kappa shape index (κ1) is 37.3. The Morgan fingerprint density at radius 2 is 1.20 bits per heavy atom. The van der Waals surface area contributed by atoms with Crippen molar-refractivity contribution in [2.75, 3.05) is 39.4 Å². The molecule has 45 heavy (non-hydrogen) atoms. The summed E-state index contributed by atoms with van der Waals surface area (Å²) in [5, 5.41) is 25.8. The quantitative estimate of drug-likeness (QED) is 0.191. The molecule has 0 aromatic carbocycles. The van der Waals surface area contributed by atoms with Gasteiger partial charge in [-0.15, -0.1) is 0 Å². The van der Waals surface area contributed by atoms with Crippen LogP contribution in [0.3, 0.4) is 0 Å². The Labute approximate surface area is 267 Å². The van der Waals surface area contributed by atoms with Gasteiger partial charge in [-0.25, -0.2) is 0 Å². The molecule has 3 amide bonds. The Morgan fingerprint density at radius 3 is 1.64 bits per heavy atom. The highest BCUT2D eigenvalue weighted by atomic mass is 16.7. The van der Waals surface area contributed by atoms with Crippen LogP contribution in [0.1, 0.15) is 86.0 Å². The molecule has 3 saturated heterocycles. The second-order valence-corrected chi connectivity index (χ2v) is 13.6. The Balaban J connectivity index is 1.51. The third-order valence-corrected chi connectivity index (χ3v) is 8.69. The number of carbonyl (C=O) groups excluding carboxylic acids is 4. The highest BCUT2D eigenvalue weighted by Gasteiger charge is 2.43. The maximum absolute atomic E-state index is 13.3. The van der Waals surface area contributed by atoms with Crippen molar-refractivity contribution < 1.29 is 48.3 Å². The Kier molecular flexibility index (Phi) is 14.6.